The number of thiazole rings is 1. The number of nitrogens with one attached hydrogen (secondary N) is 1. The van der Waals surface area contributed by atoms with E-state index in [-0.39, 0.29) is 11.7 Å². The summed E-state index contributed by atoms with van der Waals surface area (Å²) < 4.78 is 13.1. The SMILES string of the molecule is CCc1cccc(CC)c1NC(=O)c1sc(-c2ccc(F)cc2)nc1C. The van der Waals surface area contributed by atoms with Crippen LogP contribution in [0, 0.1) is 12.7 Å². The molecule has 3 aromatic rings. The van der Waals surface area contributed by atoms with Crippen LogP contribution in [0.5, 0.6) is 0 Å². The molecule has 2 aromatic carbocycles. The lowest BCUT2D eigenvalue weighted by Crippen LogP contribution is -2.14. The summed E-state index contributed by atoms with van der Waals surface area (Å²) in [6, 6.07) is 12.3. The van der Waals surface area contributed by atoms with E-state index in [0.717, 1.165) is 35.2 Å². The topological polar surface area (TPSA) is 42.0 Å². The fraction of sp³-hybridized carbons (Fsp3) is 0.238. The highest BCUT2D eigenvalue weighted by atomic mass is 32.1. The molecule has 0 aliphatic heterocycles. The van der Waals surface area contributed by atoms with Gasteiger partial charge in [0.1, 0.15) is 15.7 Å². The number of anilines is 1. The van der Waals surface area contributed by atoms with Crippen LogP contribution in [-0.2, 0) is 12.8 Å². The number of halogens is 1. The fourth-order valence-corrected chi connectivity index (χ4v) is 3.86. The van der Waals surface area contributed by atoms with Gasteiger partial charge in [-0.2, -0.15) is 0 Å². The summed E-state index contributed by atoms with van der Waals surface area (Å²) in [4.78, 5) is 17.9. The van der Waals surface area contributed by atoms with Crippen molar-refractivity contribution in [3.05, 3.63) is 70.0 Å². The van der Waals surface area contributed by atoms with Crippen LogP contribution in [-0.4, -0.2) is 10.9 Å². The van der Waals surface area contributed by atoms with E-state index in [4.69, 9.17) is 0 Å². The molecule has 3 nitrogen and oxygen atoms in total. The Labute approximate surface area is 156 Å². The molecule has 0 unspecified atom stereocenters. The maximum Gasteiger partial charge on any atom is 0.267 e. The van der Waals surface area contributed by atoms with Crippen LogP contribution < -0.4 is 5.32 Å². The van der Waals surface area contributed by atoms with Crippen LogP contribution in [0.25, 0.3) is 10.6 Å². The number of nitrogens with zero attached hydrogens (tertiary/aromatic N) is 1. The maximum absolute atomic E-state index is 13.1. The standard InChI is InChI=1S/C21H21FN2OS/c1-4-14-7-6-8-15(5-2)18(14)24-20(25)19-13(3)23-21(26-19)16-9-11-17(22)12-10-16/h6-12H,4-5H2,1-3H3,(H,24,25). The van der Waals surface area contributed by atoms with Gasteiger partial charge in [-0.15, -0.1) is 11.3 Å². The molecule has 1 heterocycles. The first-order valence-corrected chi connectivity index (χ1v) is 9.50. The summed E-state index contributed by atoms with van der Waals surface area (Å²) >= 11 is 1.33. The lowest BCUT2D eigenvalue weighted by molar-refractivity contribution is 0.102. The van der Waals surface area contributed by atoms with Crippen molar-refractivity contribution >= 4 is 22.9 Å². The minimum atomic E-state index is -0.289. The van der Waals surface area contributed by atoms with E-state index in [1.807, 2.05) is 25.1 Å². The molecule has 0 spiro atoms. The molecule has 1 aromatic heterocycles. The van der Waals surface area contributed by atoms with Gasteiger partial charge >= 0.3 is 0 Å². The number of benzene rings is 2. The van der Waals surface area contributed by atoms with Gasteiger partial charge in [0.15, 0.2) is 0 Å². The molecule has 0 radical (unpaired) electrons. The van der Waals surface area contributed by atoms with Gasteiger partial charge in [0.05, 0.1) is 5.69 Å². The molecule has 3 rings (SSSR count). The monoisotopic (exact) mass is 368 g/mol. The Morgan fingerprint density at radius 3 is 2.27 bits per heavy atom. The van der Waals surface area contributed by atoms with Crippen molar-refractivity contribution in [1.82, 2.24) is 4.98 Å². The van der Waals surface area contributed by atoms with Crippen molar-refractivity contribution < 1.29 is 9.18 Å². The molecular weight excluding hydrogens is 347 g/mol. The molecule has 0 saturated carbocycles. The molecule has 1 amide bonds. The van der Waals surface area contributed by atoms with Gasteiger partial charge in [-0.1, -0.05) is 32.0 Å². The molecule has 5 heteroatoms. The third kappa shape index (κ3) is 3.68. The third-order valence-electron chi connectivity index (χ3n) is 4.33. The normalized spacial score (nSPS) is 10.8. The molecule has 0 aliphatic rings. The van der Waals surface area contributed by atoms with Crippen molar-refractivity contribution in [3.63, 3.8) is 0 Å². The van der Waals surface area contributed by atoms with Gasteiger partial charge in [0, 0.05) is 11.3 Å². The number of aromatic nitrogens is 1. The minimum absolute atomic E-state index is 0.149. The predicted octanol–water partition coefficient (Wildman–Crippen LogP) is 5.63. The summed E-state index contributed by atoms with van der Waals surface area (Å²) in [6.07, 6.45) is 1.71. The summed E-state index contributed by atoms with van der Waals surface area (Å²) in [7, 11) is 0. The molecule has 0 atom stereocenters. The first-order valence-electron chi connectivity index (χ1n) is 8.69. The number of hydrogen-bond acceptors (Lipinski definition) is 3. The highest BCUT2D eigenvalue weighted by molar-refractivity contribution is 7.17. The lowest BCUT2D eigenvalue weighted by Gasteiger charge is -2.14. The molecule has 0 fully saturated rings. The Kier molecular flexibility index (Phi) is 5.47. The van der Waals surface area contributed by atoms with Crippen molar-refractivity contribution in [2.24, 2.45) is 0 Å². The van der Waals surface area contributed by atoms with Crippen molar-refractivity contribution in [3.8, 4) is 10.6 Å². The minimum Gasteiger partial charge on any atom is -0.321 e. The van der Waals surface area contributed by atoms with Crippen LogP contribution in [0.1, 0.15) is 40.3 Å². The lowest BCUT2D eigenvalue weighted by atomic mass is 10.0. The molecule has 26 heavy (non-hydrogen) atoms. The van der Waals surface area contributed by atoms with Crippen molar-refractivity contribution in [2.45, 2.75) is 33.6 Å². The quantitative estimate of drug-likeness (QED) is 0.634. The van der Waals surface area contributed by atoms with Gasteiger partial charge in [-0.05, 0) is 55.2 Å². The Bertz CT molecular complexity index is 909. The summed E-state index contributed by atoms with van der Waals surface area (Å²) in [6.45, 7) is 5.98. The fourth-order valence-electron chi connectivity index (χ4n) is 2.90. The third-order valence-corrected chi connectivity index (χ3v) is 5.54. The zero-order chi connectivity index (χ0) is 18.7. The number of aryl methyl sites for hydroxylation is 3. The zero-order valence-electron chi connectivity index (χ0n) is 15.1. The van der Waals surface area contributed by atoms with Gasteiger partial charge in [0.25, 0.3) is 5.91 Å². The number of para-hydroxylation sites is 1. The Morgan fingerprint density at radius 2 is 1.69 bits per heavy atom. The number of carbonyl (C=O) groups is 1. The van der Waals surface area contributed by atoms with Crippen molar-refractivity contribution in [1.29, 1.82) is 0 Å². The average molecular weight is 368 g/mol. The second-order valence-electron chi connectivity index (χ2n) is 6.05. The van der Waals surface area contributed by atoms with Gasteiger partial charge < -0.3 is 5.32 Å². The van der Waals surface area contributed by atoms with E-state index in [9.17, 15) is 9.18 Å². The Balaban J connectivity index is 1.91. The van der Waals surface area contributed by atoms with Gasteiger partial charge in [-0.25, -0.2) is 9.37 Å². The van der Waals surface area contributed by atoms with E-state index in [1.165, 1.54) is 23.5 Å². The second kappa shape index (κ2) is 7.79. The maximum atomic E-state index is 13.1. The first-order chi connectivity index (χ1) is 12.5. The molecule has 134 valence electrons. The second-order valence-corrected chi connectivity index (χ2v) is 7.05. The number of hydrogen-bond donors (Lipinski definition) is 1. The molecule has 1 N–H and O–H groups in total. The Hall–Kier alpha value is -2.53. The summed E-state index contributed by atoms with van der Waals surface area (Å²) in [5.74, 6) is -0.438. The highest BCUT2D eigenvalue weighted by Gasteiger charge is 2.18. The first kappa shape index (κ1) is 18.3. The van der Waals surface area contributed by atoms with E-state index in [0.29, 0.717) is 15.6 Å². The average Bonchev–Trinajstić information content (AvgIpc) is 3.04. The smallest absolute Gasteiger partial charge is 0.267 e. The van der Waals surface area contributed by atoms with Crippen LogP contribution >= 0.6 is 11.3 Å². The van der Waals surface area contributed by atoms with Gasteiger partial charge in [-0.3, -0.25) is 4.79 Å². The van der Waals surface area contributed by atoms with E-state index in [1.54, 1.807) is 12.1 Å². The van der Waals surface area contributed by atoms with E-state index < -0.39 is 0 Å². The predicted molar refractivity (Wildman–Crippen MR) is 105 cm³/mol. The van der Waals surface area contributed by atoms with E-state index in [2.05, 4.69) is 24.1 Å². The van der Waals surface area contributed by atoms with Crippen LogP contribution in [0.2, 0.25) is 0 Å². The highest BCUT2D eigenvalue weighted by Crippen LogP contribution is 2.30. The number of carbonyl (C=O) groups excluding carboxylic acids is 1. The Morgan fingerprint density at radius 1 is 1.08 bits per heavy atom. The summed E-state index contributed by atoms with van der Waals surface area (Å²) in [5.41, 5.74) is 4.64. The summed E-state index contributed by atoms with van der Waals surface area (Å²) in [5, 5.41) is 3.80. The van der Waals surface area contributed by atoms with Crippen LogP contribution in [0.4, 0.5) is 10.1 Å². The zero-order valence-corrected chi connectivity index (χ0v) is 15.9. The van der Waals surface area contributed by atoms with Crippen molar-refractivity contribution in [2.75, 3.05) is 5.32 Å². The molecule has 0 saturated heterocycles. The largest absolute Gasteiger partial charge is 0.321 e. The molecule has 0 aliphatic carbocycles. The molecular formula is C21H21FN2OS. The number of rotatable bonds is 5. The van der Waals surface area contributed by atoms with Crippen LogP contribution in [0.3, 0.4) is 0 Å². The molecule has 0 bridgehead atoms. The van der Waals surface area contributed by atoms with Crippen LogP contribution in [0.15, 0.2) is 42.5 Å². The number of amides is 1. The van der Waals surface area contributed by atoms with Gasteiger partial charge in [0.2, 0.25) is 0 Å². The van der Waals surface area contributed by atoms with E-state index >= 15 is 0 Å².